The predicted octanol–water partition coefficient (Wildman–Crippen LogP) is 0.567. The molecule has 2 rings (SSSR count). The van der Waals surface area contributed by atoms with Gasteiger partial charge in [0.15, 0.2) is 5.69 Å². The summed E-state index contributed by atoms with van der Waals surface area (Å²) in [6.07, 6.45) is -0.360. The van der Waals surface area contributed by atoms with E-state index in [4.69, 9.17) is 9.84 Å². The molecule has 0 spiro atoms. The number of hydrogen-bond donors (Lipinski definition) is 1. The van der Waals surface area contributed by atoms with Crippen molar-refractivity contribution in [1.29, 1.82) is 0 Å². The molecule has 0 bridgehead atoms. The smallest absolute Gasteiger partial charge is 0.424 e. The monoisotopic (exact) mass is 351 g/mol. The molecule has 1 aromatic rings. The molecule has 1 N–H and O–H groups in total. The van der Waals surface area contributed by atoms with Crippen LogP contribution >= 0.6 is 0 Å². The zero-order valence-electron chi connectivity index (χ0n) is 13.9. The first-order valence-corrected chi connectivity index (χ1v) is 7.42. The molecule has 0 aliphatic carbocycles. The second kappa shape index (κ2) is 6.46. The molecule has 10 nitrogen and oxygen atoms in total. The van der Waals surface area contributed by atoms with Gasteiger partial charge < -0.3 is 9.84 Å². The van der Waals surface area contributed by atoms with Gasteiger partial charge in [0.05, 0.1) is 6.33 Å². The standard InChI is InChI=1S/C15H17N3O7/c1-15(2,3)25-14(24)18-10(19)5-4-9(12(18)21)17-7-16-8(13(22)23)6-11(17)20/h6-7,9H,4-5H2,1-3H3,(H,22,23). The Morgan fingerprint density at radius 3 is 2.44 bits per heavy atom. The summed E-state index contributed by atoms with van der Waals surface area (Å²) >= 11 is 0. The third kappa shape index (κ3) is 3.90. The maximum atomic E-state index is 12.5. The normalized spacial score (nSPS) is 18.2. The molecule has 0 radical (unpaired) electrons. The van der Waals surface area contributed by atoms with E-state index in [0.717, 1.165) is 17.0 Å². The van der Waals surface area contributed by atoms with E-state index < -0.39 is 46.8 Å². The van der Waals surface area contributed by atoms with Crippen molar-refractivity contribution in [1.82, 2.24) is 14.5 Å². The summed E-state index contributed by atoms with van der Waals surface area (Å²) in [5.74, 6) is -3.03. The van der Waals surface area contributed by atoms with Crippen molar-refractivity contribution >= 4 is 23.9 Å². The predicted molar refractivity (Wildman–Crippen MR) is 81.8 cm³/mol. The molecule has 1 aromatic heterocycles. The van der Waals surface area contributed by atoms with Gasteiger partial charge in [-0.05, 0) is 27.2 Å². The van der Waals surface area contributed by atoms with Gasteiger partial charge in [-0.3, -0.25) is 19.0 Å². The van der Waals surface area contributed by atoms with Crippen LogP contribution in [0.25, 0.3) is 0 Å². The number of piperidine rings is 1. The molecule has 25 heavy (non-hydrogen) atoms. The van der Waals surface area contributed by atoms with E-state index in [1.54, 1.807) is 20.8 Å². The van der Waals surface area contributed by atoms with E-state index in [2.05, 4.69) is 4.98 Å². The molecule has 10 heteroatoms. The highest BCUT2D eigenvalue weighted by Crippen LogP contribution is 2.24. The second-order valence-electron chi connectivity index (χ2n) is 6.43. The Hall–Kier alpha value is -3.04. The first kappa shape index (κ1) is 18.3. The Bertz CT molecular complexity index is 806. The molecular weight excluding hydrogens is 334 g/mol. The lowest BCUT2D eigenvalue weighted by Crippen LogP contribution is -2.51. The van der Waals surface area contributed by atoms with Crippen molar-refractivity contribution in [2.45, 2.75) is 45.3 Å². The van der Waals surface area contributed by atoms with Gasteiger partial charge in [-0.15, -0.1) is 0 Å². The van der Waals surface area contributed by atoms with E-state index in [1.807, 2.05) is 0 Å². The summed E-state index contributed by atoms with van der Waals surface area (Å²) in [5, 5.41) is 8.83. The number of hydrogen-bond acceptors (Lipinski definition) is 7. The SMILES string of the molecule is CC(C)(C)OC(=O)N1C(=O)CCC(n2cnc(C(=O)O)cc2=O)C1=O. The topological polar surface area (TPSA) is 136 Å². The van der Waals surface area contributed by atoms with Crippen LogP contribution in [0.4, 0.5) is 4.79 Å². The summed E-state index contributed by atoms with van der Waals surface area (Å²) in [4.78, 5) is 63.5. The Morgan fingerprint density at radius 2 is 1.92 bits per heavy atom. The number of aromatic nitrogens is 2. The highest BCUT2D eigenvalue weighted by atomic mass is 16.6. The molecule has 1 aliphatic rings. The number of rotatable bonds is 2. The number of imide groups is 3. The minimum atomic E-state index is -1.38. The van der Waals surface area contributed by atoms with Crippen molar-refractivity contribution in [3.63, 3.8) is 0 Å². The van der Waals surface area contributed by atoms with Crippen LogP contribution in [-0.2, 0) is 14.3 Å². The molecule has 0 saturated carbocycles. The van der Waals surface area contributed by atoms with Gasteiger partial charge in [-0.2, -0.15) is 4.90 Å². The van der Waals surface area contributed by atoms with Gasteiger partial charge in [-0.1, -0.05) is 0 Å². The second-order valence-corrected chi connectivity index (χ2v) is 6.43. The Balaban J connectivity index is 2.34. The van der Waals surface area contributed by atoms with Crippen molar-refractivity contribution in [2.24, 2.45) is 0 Å². The number of likely N-dealkylation sites (tertiary alicyclic amines) is 1. The number of ether oxygens (including phenoxy) is 1. The third-order valence-electron chi connectivity index (χ3n) is 3.35. The van der Waals surface area contributed by atoms with Crippen molar-refractivity contribution < 1.29 is 29.0 Å². The van der Waals surface area contributed by atoms with Crippen LogP contribution in [0.3, 0.4) is 0 Å². The van der Waals surface area contributed by atoms with Crippen LogP contribution in [-0.4, -0.2) is 49.0 Å². The van der Waals surface area contributed by atoms with Crippen LogP contribution in [0.5, 0.6) is 0 Å². The van der Waals surface area contributed by atoms with Gasteiger partial charge in [-0.25, -0.2) is 14.6 Å². The first-order chi connectivity index (χ1) is 11.5. The fourth-order valence-corrected chi connectivity index (χ4v) is 2.29. The van der Waals surface area contributed by atoms with Crippen molar-refractivity contribution in [3.8, 4) is 0 Å². The lowest BCUT2D eigenvalue weighted by Gasteiger charge is -2.31. The minimum absolute atomic E-state index is 0.00896. The number of carboxylic acids is 1. The lowest BCUT2D eigenvalue weighted by molar-refractivity contribution is -0.149. The maximum absolute atomic E-state index is 12.5. The average molecular weight is 351 g/mol. The molecule has 134 valence electrons. The number of nitrogens with zero attached hydrogens (tertiary/aromatic N) is 3. The molecule has 1 fully saturated rings. The van der Waals surface area contributed by atoms with Crippen LogP contribution in [0.2, 0.25) is 0 Å². The largest absolute Gasteiger partial charge is 0.477 e. The van der Waals surface area contributed by atoms with E-state index in [1.165, 1.54) is 0 Å². The molecule has 3 amide bonds. The number of carbonyl (C=O) groups excluding carboxylic acids is 3. The summed E-state index contributed by atoms with van der Waals surface area (Å²) in [7, 11) is 0. The molecule has 0 aromatic carbocycles. The Kier molecular flexibility index (Phi) is 4.73. The third-order valence-corrected chi connectivity index (χ3v) is 3.35. The zero-order valence-corrected chi connectivity index (χ0v) is 13.9. The van der Waals surface area contributed by atoms with E-state index in [0.29, 0.717) is 4.90 Å². The zero-order chi connectivity index (χ0) is 18.9. The fourth-order valence-electron chi connectivity index (χ4n) is 2.29. The van der Waals surface area contributed by atoms with E-state index in [-0.39, 0.29) is 12.8 Å². The summed E-state index contributed by atoms with van der Waals surface area (Å²) in [6, 6.07) is -0.378. The number of amides is 3. The number of aromatic carboxylic acids is 1. The molecule has 2 heterocycles. The quantitative estimate of drug-likeness (QED) is 0.764. The lowest BCUT2D eigenvalue weighted by atomic mass is 10.0. The van der Waals surface area contributed by atoms with Gasteiger partial charge in [0.1, 0.15) is 11.6 Å². The number of carboxylic acid groups (broad SMARTS) is 1. The van der Waals surface area contributed by atoms with E-state index in [9.17, 15) is 24.0 Å². The van der Waals surface area contributed by atoms with Gasteiger partial charge in [0, 0.05) is 12.5 Å². The van der Waals surface area contributed by atoms with Crippen LogP contribution < -0.4 is 5.56 Å². The summed E-state index contributed by atoms with van der Waals surface area (Å²) < 4.78 is 5.95. The fraction of sp³-hybridized carbons (Fsp3) is 0.467. The molecule has 1 aliphatic heterocycles. The van der Waals surface area contributed by atoms with E-state index >= 15 is 0 Å². The maximum Gasteiger partial charge on any atom is 0.424 e. The Morgan fingerprint density at radius 1 is 1.28 bits per heavy atom. The van der Waals surface area contributed by atoms with Crippen molar-refractivity contribution in [3.05, 3.63) is 28.4 Å². The van der Waals surface area contributed by atoms with Crippen LogP contribution in [0.15, 0.2) is 17.2 Å². The highest BCUT2D eigenvalue weighted by Gasteiger charge is 2.41. The molecule has 1 atom stereocenters. The summed E-state index contributed by atoms with van der Waals surface area (Å²) in [6.45, 7) is 4.75. The number of carbonyl (C=O) groups is 4. The van der Waals surface area contributed by atoms with Gasteiger partial charge in [0.2, 0.25) is 5.91 Å². The van der Waals surface area contributed by atoms with Gasteiger partial charge >= 0.3 is 12.1 Å². The Labute approximate surface area is 142 Å². The van der Waals surface area contributed by atoms with Crippen LogP contribution in [0, 0.1) is 0 Å². The minimum Gasteiger partial charge on any atom is -0.477 e. The molecule has 1 saturated heterocycles. The van der Waals surface area contributed by atoms with Crippen molar-refractivity contribution in [2.75, 3.05) is 0 Å². The average Bonchev–Trinajstić information content (AvgIpc) is 2.46. The first-order valence-electron chi connectivity index (χ1n) is 7.42. The highest BCUT2D eigenvalue weighted by molar-refractivity contribution is 6.11. The molecular formula is C15H17N3O7. The van der Waals surface area contributed by atoms with Gasteiger partial charge in [0.25, 0.3) is 11.5 Å². The van der Waals surface area contributed by atoms with Crippen LogP contribution in [0.1, 0.15) is 50.1 Å². The summed E-state index contributed by atoms with van der Waals surface area (Å²) in [5.41, 5.74) is -2.15. The molecule has 1 unspecified atom stereocenters.